The monoisotopic (exact) mass is 321 g/mol. The molecule has 2 aromatic rings. The molecule has 1 aliphatic heterocycles. The highest BCUT2D eigenvalue weighted by molar-refractivity contribution is 8.00. The van der Waals surface area contributed by atoms with Gasteiger partial charge in [0.15, 0.2) is 17.3 Å². The van der Waals surface area contributed by atoms with Gasteiger partial charge in [-0.3, -0.25) is 9.89 Å². The smallest absolute Gasteiger partial charge is 0.318 e. The van der Waals surface area contributed by atoms with Crippen LogP contribution in [-0.4, -0.2) is 46.7 Å². The Morgan fingerprint density at radius 3 is 2.91 bits per heavy atom. The summed E-state index contributed by atoms with van der Waals surface area (Å²) in [5, 5.41) is 7.09. The third-order valence-electron chi connectivity index (χ3n) is 3.10. The minimum absolute atomic E-state index is 0.310. The van der Waals surface area contributed by atoms with Gasteiger partial charge in [0.1, 0.15) is 18.5 Å². The van der Waals surface area contributed by atoms with E-state index in [0.717, 1.165) is 11.3 Å². The number of benzene rings is 1. The Hall–Kier alpha value is -2.22. The summed E-state index contributed by atoms with van der Waals surface area (Å²) >= 11 is 1.24. The molecule has 2 heterocycles. The zero-order chi connectivity index (χ0) is 15.5. The second kappa shape index (κ2) is 6.27. The predicted molar refractivity (Wildman–Crippen MR) is 80.1 cm³/mol. The van der Waals surface area contributed by atoms with Crippen molar-refractivity contribution in [2.24, 2.45) is 0 Å². The Balaban J connectivity index is 1.77. The highest BCUT2D eigenvalue weighted by atomic mass is 32.2. The molecule has 0 fully saturated rings. The van der Waals surface area contributed by atoms with Crippen molar-refractivity contribution in [2.45, 2.75) is 17.3 Å². The lowest BCUT2D eigenvalue weighted by Crippen LogP contribution is -2.15. The molecule has 0 aliphatic carbocycles. The lowest BCUT2D eigenvalue weighted by Gasteiger charge is -2.18. The van der Waals surface area contributed by atoms with Crippen LogP contribution in [0.4, 0.5) is 0 Å². The van der Waals surface area contributed by atoms with Gasteiger partial charge in [-0.2, -0.15) is 0 Å². The second-order valence-corrected chi connectivity index (χ2v) is 5.92. The second-order valence-electron chi connectivity index (χ2n) is 4.61. The molecule has 1 unspecified atom stereocenters. The van der Waals surface area contributed by atoms with Crippen molar-refractivity contribution in [2.75, 3.05) is 20.3 Å². The van der Waals surface area contributed by atoms with Crippen LogP contribution in [0.3, 0.4) is 0 Å². The molecule has 7 nitrogen and oxygen atoms in total. The maximum Gasteiger partial charge on any atom is 0.318 e. The number of H-pyrrole nitrogens is 1. The lowest BCUT2D eigenvalue weighted by molar-refractivity contribution is -0.139. The molecular formula is C14H15N3O4S. The summed E-state index contributed by atoms with van der Waals surface area (Å²) in [4.78, 5) is 15.8. The van der Waals surface area contributed by atoms with Gasteiger partial charge in [0.2, 0.25) is 5.16 Å². The van der Waals surface area contributed by atoms with E-state index in [1.54, 1.807) is 6.92 Å². The molecule has 0 bridgehead atoms. The van der Waals surface area contributed by atoms with Crippen molar-refractivity contribution in [1.82, 2.24) is 15.2 Å². The SMILES string of the molecule is COC(=O)C(C)Sc1n[nH]c(-c2ccc3c(c2)OCCO3)n1. The van der Waals surface area contributed by atoms with Crippen molar-refractivity contribution in [3.63, 3.8) is 0 Å². The Bertz CT molecular complexity index is 688. The highest BCUT2D eigenvalue weighted by Gasteiger charge is 2.18. The van der Waals surface area contributed by atoms with Gasteiger partial charge in [-0.15, -0.1) is 5.10 Å². The van der Waals surface area contributed by atoms with E-state index in [9.17, 15) is 4.79 Å². The summed E-state index contributed by atoms with van der Waals surface area (Å²) in [6.07, 6.45) is 0. The van der Waals surface area contributed by atoms with E-state index in [1.807, 2.05) is 18.2 Å². The van der Waals surface area contributed by atoms with Crippen molar-refractivity contribution in [3.8, 4) is 22.9 Å². The van der Waals surface area contributed by atoms with Crippen LogP contribution in [0, 0.1) is 0 Å². The summed E-state index contributed by atoms with van der Waals surface area (Å²) in [7, 11) is 1.36. The van der Waals surface area contributed by atoms with Crippen molar-refractivity contribution < 1.29 is 19.0 Å². The number of rotatable bonds is 4. The van der Waals surface area contributed by atoms with Crippen LogP contribution in [0.25, 0.3) is 11.4 Å². The average molecular weight is 321 g/mol. The number of methoxy groups -OCH3 is 1. The Labute approximate surface area is 131 Å². The number of esters is 1. The van der Waals surface area contributed by atoms with Gasteiger partial charge in [-0.1, -0.05) is 11.8 Å². The van der Waals surface area contributed by atoms with Crippen LogP contribution in [0.5, 0.6) is 11.5 Å². The number of hydrogen-bond acceptors (Lipinski definition) is 7. The largest absolute Gasteiger partial charge is 0.486 e. The third-order valence-corrected chi connectivity index (χ3v) is 4.04. The summed E-state index contributed by atoms with van der Waals surface area (Å²) in [6, 6.07) is 5.58. The van der Waals surface area contributed by atoms with Crippen LogP contribution in [0.2, 0.25) is 0 Å². The summed E-state index contributed by atoms with van der Waals surface area (Å²) in [5.41, 5.74) is 0.842. The molecule has 0 radical (unpaired) electrons. The quantitative estimate of drug-likeness (QED) is 0.680. The van der Waals surface area contributed by atoms with Crippen LogP contribution >= 0.6 is 11.8 Å². The molecule has 1 N–H and O–H groups in total. The maximum absolute atomic E-state index is 11.4. The number of ether oxygens (including phenoxy) is 3. The van der Waals surface area contributed by atoms with E-state index in [2.05, 4.69) is 19.9 Å². The van der Waals surface area contributed by atoms with Crippen molar-refractivity contribution in [3.05, 3.63) is 18.2 Å². The van der Waals surface area contributed by atoms with Crippen LogP contribution in [0.1, 0.15) is 6.92 Å². The molecular weight excluding hydrogens is 306 g/mol. The highest BCUT2D eigenvalue weighted by Crippen LogP contribution is 2.34. The molecule has 0 saturated heterocycles. The van der Waals surface area contributed by atoms with Gasteiger partial charge in [-0.05, 0) is 25.1 Å². The summed E-state index contributed by atoms with van der Waals surface area (Å²) in [6.45, 7) is 2.84. The minimum Gasteiger partial charge on any atom is -0.486 e. The van der Waals surface area contributed by atoms with E-state index >= 15 is 0 Å². The third kappa shape index (κ3) is 3.01. The normalized spacial score (nSPS) is 14.5. The van der Waals surface area contributed by atoms with E-state index in [1.165, 1.54) is 18.9 Å². The molecule has 1 aromatic heterocycles. The summed E-state index contributed by atoms with van der Waals surface area (Å²) in [5.74, 6) is 1.72. The number of thioether (sulfide) groups is 1. The number of carbonyl (C=O) groups is 1. The first-order valence-corrected chi connectivity index (χ1v) is 7.62. The maximum atomic E-state index is 11.4. The summed E-state index contributed by atoms with van der Waals surface area (Å²) < 4.78 is 15.7. The predicted octanol–water partition coefficient (Wildman–Crippen LogP) is 1.90. The Kier molecular flexibility index (Phi) is 4.19. The van der Waals surface area contributed by atoms with Crippen LogP contribution < -0.4 is 9.47 Å². The van der Waals surface area contributed by atoms with E-state index in [4.69, 9.17) is 9.47 Å². The Morgan fingerprint density at radius 2 is 2.14 bits per heavy atom. The average Bonchev–Trinajstić information content (AvgIpc) is 3.02. The molecule has 22 heavy (non-hydrogen) atoms. The molecule has 1 aromatic carbocycles. The molecule has 1 aliphatic rings. The van der Waals surface area contributed by atoms with E-state index in [-0.39, 0.29) is 11.2 Å². The van der Waals surface area contributed by atoms with Crippen LogP contribution in [0.15, 0.2) is 23.4 Å². The van der Waals surface area contributed by atoms with Crippen molar-refractivity contribution in [1.29, 1.82) is 0 Å². The van der Waals surface area contributed by atoms with Gasteiger partial charge in [0, 0.05) is 5.56 Å². The zero-order valence-corrected chi connectivity index (χ0v) is 13.0. The van der Waals surface area contributed by atoms with Crippen LogP contribution in [-0.2, 0) is 9.53 Å². The fraction of sp³-hybridized carbons (Fsp3) is 0.357. The standard InChI is InChI=1S/C14H15N3O4S/c1-8(13(18)19-2)22-14-15-12(16-17-14)9-3-4-10-11(7-9)21-6-5-20-10/h3-4,7-8H,5-6H2,1-2H3,(H,15,16,17). The molecule has 1 atom stereocenters. The van der Waals surface area contributed by atoms with Crippen molar-refractivity contribution >= 4 is 17.7 Å². The van der Waals surface area contributed by atoms with Gasteiger partial charge in [0.05, 0.1) is 7.11 Å². The molecule has 116 valence electrons. The molecule has 0 saturated carbocycles. The zero-order valence-electron chi connectivity index (χ0n) is 12.2. The minimum atomic E-state index is -0.367. The molecule has 0 amide bonds. The van der Waals surface area contributed by atoms with E-state index in [0.29, 0.717) is 29.9 Å². The lowest BCUT2D eigenvalue weighted by atomic mass is 10.2. The van der Waals surface area contributed by atoms with Gasteiger partial charge in [0.25, 0.3) is 0 Å². The molecule has 0 spiro atoms. The van der Waals surface area contributed by atoms with Gasteiger partial charge >= 0.3 is 5.97 Å². The number of aromatic amines is 1. The van der Waals surface area contributed by atoms with Gasteiger partial charge in [-0.25, -0.2) is 4.98 Å². The number of nitrogens with zero attached hydrogens (tertiary/aromatic N) is 2. The first-order valence-electron chi connectivity index (χ1n) is 6.74. The molecule has 3 rings (SSSR count). The molecule has 8 heteroatoms. The number of hydrogen-bond donors (Lipinski definition) is 1. The topological polar surface area (TPSA) is 86.3 Å². The number of carbonyl (C=O) groups excluding carboxylic acids is 1. The van der Waals surface area contributed by atoms with E-state index < -0.39 is 0 Å². The number of fused-ring (bicyclic) bond motifs is 1. The fourth-order valence-electron chi connectivity index (χ4n) is 1.99. The number of nitrogens with one attached hydrogen (secondary N) is 1. The first-order chi connectivity index (χ1) is 10.7. The van der Waals surface area contributed by atoms with Gasteiger partial charge < -0.3 is 14.2 Å². The Morgan fingerprint density at radius 1 is 1.36 bits per heavy atom. The number of aromatic nitrogens is 3. The first kappa shape index (κ1) is 14.7. The fourth-order valence-corrected chi connectivity index (χ4v) is 2.74.